The molecule has 0 bridgehead atoms. The number of hydrogen-bond acceptors (Lipinski definition) is 8. The number of nitrogens with two attached hydrogens (primary N) is 1. The molecule has 2 amide bonds. The number of halogens is 4. The maximum atomic E-state index is 15.2. The van der Waals surface area contributed by atoms with Crippen molar-refractivity contribution in [1.82, 2.24) is 14.9 Å². The number of carbonyl (C=O) groups is 2. The van der Waals surface area contributed by atoms with Crippen molar-refractivity contribution in [3.8, 4) is 5.88 Å². The summed E-state index contributed by atoms with van der Waals surface area (Å²) in [4.78, 5) is 39.9. The number of nitrogens with zero attached hydrogens (tertiary/aromatic N) is 4. The molecule has 3 heterocycles. The number of aromatic nitrogens is 2. The van der Waals surface area contributed by atoms with Gasteiger partial charge in [-0.3, -0.25) is 14.6 Å². The molecule has 1 aromatic heterocycles. The van der Waals surface area contributed by atoms with Crippen molar-refractivity contribution < 1.29 is 31.9 Å². The van der Waals surface area contributed by atoms with Crippen LogP contribution in [-0.4, -0.2) is 62.5 Å². The maximum Gasteiger partial charge on any atom is 0.422 e. The average Bonchev–Trinajstić information content (AvgIpc) is 3.37. The van der Waals surface area contributed by atoms with Crippen LogP contribution in [-0.2, 0) is 10.3 Å². The lowest BCUT2D eigenvalue weighted by molar-refractivity contribution is -0.154. The van der Waals surface area contributed by atoms with Gasteiger partial charge in [-0.25, -0.2) is 14.4 Å². The molecule has 5 rings (SSSR count). The van der Waals surface area contributed by atoms with E-state index in [0.717, 1.165) is 25.2 Å². The lowest BCUT2D eigenvalue weighted by Gasteiger charge is -2.35. The minimum Gasteiger partial charge on any atom is -0.467 e. The Morgan fingerprint density at radius 3 is 2.63 bits per heavy atom. The van der Waals surface area contributed by atoms with Gasteiger partial charge in [0.25, 0.3) is 5.91 Å². The summed E-state index contributed by atoms with van der Waals surface area (Å²) in [6, 6.07) is 3.99. The number of carbonyl (C=O) groups excluding carboxylic acids is 2. The van der Waals surface area contributed by atoms with Gasteiger partial charge in [-0.05, 0) is 44.4 Å². The number of thioether (sulfide) groups is 1. The summed E-state index contributed by atoms with van der Waals surface area (Å²) in [7, 11) is 0. The average molecular weight is 553 g/mol. The van der Waals surface area contributed by atoms with Crippen LogP contribution in [0.5, 0.6) is 5.88 Å². The molecule has 9 nitrogen and oxygen atoms in total. The van der Waals surface area contributed by atoms with E-state index in [9.17, 15) is 22.8 Å². The van der Waals surface area contributed by atoms with Crippen LogP contribution in [0.4, 0.5) is 23.2 Å². The highest BCUT2D eigenvalue weighted by Gasteiger charge is 2.71. The monoisotopic (exact) mass is 552 g/mol. The van der Waals surface area contributed by atoms with Crippen molar-refractivity contribution in [2.75, 3.05) is 25.0 Å². The van der Waals surface area contributed by atoms with Crippen molar-refractivity contribution in [3.05, 3.63) is 47.7 Å². The van der Waals surface area contributed by atoms with Crippen LogP contribution >= 0.6 is 11.8 Å². The number of amides is 2. The predicted octanol–water partition coefficient (Wildman–Crippen LogP) is 3.47. The quantitative estimate of drug-likeness (QED) is 0.526. The van der Waals surface area contributed by atoms with Gasteiger partial charge in [-0.15, -0.1) is 0 Å². The summed E-state index contributed by atoms with van der Waals surface area (Å²) in [6.45, 7) is 1.58. The summed E-state index contributed by atoms with van der Waals surface area (Å²) in [6.07, 6.45) is -0.272. The number of likely N-dealkylation sites (tertiary alicyclic amines) is 1. The Balaban J connectivity index is 1.34. The van der Waals surface area contributed by atoms with E-state index in [1.54, 1.807) is 6.92 Å². The molecular formula is C24H24F4N6O3S. The summed E-state index contributed by atoms with van der Waals surface area (Å²) in [5.41, 5.74) is 5.25. The van der Waals surface area contributed by atoms with Crippen molar-refractivity contribution >= 4 is 34.4 Å². The van der Waals surface area contributed by atoms with Crippen molar-refractivity contribution in [1.29, 1.82) is 0 Å². The highest BCUT2D eigenvalue weighted by atomic mass is 32.2. The summed E-state index contributed by atoms with van der Waals surface area (Å²) >= 11 is 1.24. The smallest absolute Gasteiger partial charge is 0.422 e. The van der Waals surface area contributed by atoms with E-state index >= 15 is 4.39 Å². The zero-order valence-electron chi connectivity index (χ0n) is 20.2. The third-order valence-corrected chi connectivity index (χ3v) is 8.28. The van der Waals surface area contributed by atoms with Gasteiger partial charge in [-0.2, -0.15) is 13.2 Å². The Labute approximate surface area is 219 Å². The first-order valence-corrected chi connectivity index (χ1v) is 12.7. The summed E-state index contributed by atoms with van der Waals surface area (Å²) in [5, 5.41) is 2.79. The standard InChI is InChI=1S/C24H24F4N6O3S/c1-22(17-9-23(17,38-21(29)33-22)20(36)34-6-2-3-7-34)14-8-13(4-5-15(14)25)32-19(35)16-10-31-18(11-30-16)37-12-24(26,27)28/h4-5,8,10-11,17H,2-3,6-7,9,12H2,1H3,(H2,29,33)(H,32,35)/t17-,22+,23-/m0/s1. The molecule has 38 heavy (non-hydrogen) atoms. The molecule has 0 spiro atoms. The van der Waals surface area contributed by atoms with Crippen LogP contribution in [0.25, 0.3) is 0 Å². The van der Waals surface area contributed by atoms with Crippen LogP contribution in [0.1, 0.15) is 42.2 Å². The molecule has 3 aliphatic rings. The number of hydrogen-bond donors (Lipinski definition) is 2. The number of nitrogens with one attached hydrogen (secondary N) is 1. The number of amidine groups is 1. The molecule has 202 valence electrons. The van der Waals surface area contributed by atoms with Crippen molar-refractivity contribution in [3.63, 3.8) is 0 Å². The Morgan fingerprint density at radius 1 is 1.24 bits per heavy atom. The zero-order valence-corrected chi connectivity index (χ0v) is 21.0. The third kappa shape index (κ3) is 4.88. The highest BCUT2D eigenvalue weighted by Crippen LogP contribution is 2.66. The van der Waals surface area contributed by atoms with Crippen LogP contribution in [0, 0.1) is 11.7 Å². The molecule has 2 aromatic rings. The molecule has 2 aliphatic heterocycles. The van der Waals surface area contributed by atoms with E-state index in [1.807, 2.05) is 4.90 Å². The van der Waals surface area contributed by atoms with Gasteiger partial charge in [0.1, 0.15) is 16.3 Å². The van der Waals surface area contributed by atoms with Gasteiger partial charge in [0, 0.05) is 30.3 Å². The zero-order chi connectivity index (χ0) is 27.3. The SMILES string of the molecule is C[C@]1(c2cc(NC(=O)c3cnc(OCC(F)(F)F)cn3)ccc2F)N=C(N)S[C@@]2(C(=O)N3CCCC3)C[C@H]21. The van der Waals surface area contributed by atoms with Gasteiger partial charge in [0.15, 0.2) is 11.8 Å². The fraction of sp³-hybridized carbons (Fsp3) is 0.458. The Kier molecular flexibility index (Phi) is 6.48. The van der Waals surface area contributed by atoms with E-state index in [4.69, 9.17) is 5.73 Å². The Hall–Kier alpha value is -3.42. The largest absolute Gasteiger partial charge is 0.467 e. The fourth-order valence-electron chi connectivity index (χ4n) is 5.09. The molecule has 2 fully saturated rings. The second-order valence-corrected chi connectivity index (χ2v) is 11.0. The third-order valence-electron chi connectivity index (χ3n) is 6.99. The van der Waals surface area contributed by atoms with Gasteiger partial charge in [0.2, 0.25) is 11.8 Å². The number of anilines is 1. The predicted molar refractivity (Wildman–Crippen MR) is 131 cm³/mol. The normalized spacial score (nSPS) is 26.4. The van der Waals surface area contributed by atoms with Crippen LogP contribution in [0.2, 0.25) is 0 Å². The Morgan fingerprint density at radius 2 is 1.97 bits per heavy atom. The summed E-state index contributed by atoms with van der Waals surface area (Å²) < 4.78 is 55.7. The van der Waals surface area contributed by atoms with E-state index in [2.05, 4.69) is 25.0 Å². The van der Waals surface area contributed by atoms with Crippen molar-refractivity contribution in [2.24, 2.45) is 16.6 Å². The molecule has 1 aromatic carbocycles. The fourth-order valence-corrected chi connectivity index (χ4v) is 6.54. The van der Waals surface area contributed by atoms with E-state index in [-0.39, 0.29) is 33.9 Å². The highest BCUT2D eigenvalue weighted by molar-refractivity contribution is 8.15. The van der Waals surface area contributed by atoms with Gasteiger partial charge < -0.3 is 20.7 Å². The molecule has 1 aliphatic carbocycles. The molecule has 3 atom stereocenters. The van der Waals surface area contributed by atoms with Gasteiger partial charge in [-0.1, -0.05) is 11.8 Å². The molecule has 3 N–H and O–H groups in total. The van der Waals surface area contributed by atoms with Crippen LogP contribution in [0.15, 0.2) is 35.6 Å². The van der Waals surface area contributed by atoms with Crippen LogP contribution in [0.3, 0.4) is 0 Å². The number of benzene rings is 1. The van der Waals surface area contributed by atoms with E-state index in [0.29, 0.717) is 19.5 Å². The van der Waals surface area contributed by atoms with Crippen molar-refractivity contribution in [2.45, 2.75) is 42.6 Å². The molecular weight excluding hydrogens is 528 g/mol. The van der Waals surface area contributed by atoms with E-state index in [1.165, 1.54) is 30.0 Å². The first-order valence-electron chi connectivity index (χ1n) is 11.9. The Bertz CT molecular complexity index is 1300. The molecule has 1 saturated carbocycles. The first-order chi connectivity index (χ1) is 17.9. The lowest BCUT2D eigenvalue weighted by Crippen LogP contribution is -2.45. The molecule has 0 radical (unpaired) electrons. The maximum absolute atomic E-state index is 15.2. The minimum absolute atomic E-state index is 0.000162. The lowest BCUT2D eigenvalue weighted by atomic mass is 9.85. The number of fused-ring (bicyclic) bond motifs is 1. The molecule has 0 unspecified atom stereocenters. The molecule has 14 heteroatoms. The summed E-state index contributed by atoms with van der Waals surface area (Å²) in [5.74, 6) is -1.95. The number of alkyl halides is 3. The number of ether oxygens (including phenoxy) is 1. The second kappa shape index (κ2) is 9.40. The topological polar surface area (TPSA) is 123 Å². The van der Waals surface area contributed by atoms with Crippen LogP contribution < -0.4 is 15.8 Å². The molecule has 1 saturated heterocycles. The van der Waals surface area contributed by atoms with Gasteiger partial charge in [0.05, 0.1) is 17.9 Å². The minimum atomic E-state index is -4.54. The van der Waals surface area contributed by atoms with Gasteiger partial charge >= 0.3 is 6.18 Å². The van der Waals surface area contributed by atoms with E-state index < -0.39 is 40.7 Å². The first kappa shape index (κ1) is 26.2. The number of aliphatic imine (C=N–C) groups is 1. The second-order valence-electron chi connectivity index (χ2n) is 9.64. The number of rotatable bonds is 6.